The van der Waals surface area contributed by atoms with Crippen molar-refractivity contribution in [2.45, 2.75) is 19.1 Å². The summed E-state index contributed by atoms with van der Waals surface area (Å²) in [4.78, 5) is 27.1. The Morgan fingerprint density at radius 1 is 1.23 bits per heavy atom. The second-order valence-corrected chi connectivity index (χ2v) is 8.35. The van der Waals surface area contributed by atoms with Gasteiger partial charge in [-0.15, -0.1) is 0 Å². The molecule has 3 N–H and O–H groups in total. The molecule has 1 atom stereocenters. The summed E-state index contributed by atoms with van der Waals surface area (Å²) >= 11 is 0. The van der Waals surface area contributed by atoms with Gasteiger partial charge in [0.25, 0.3) is 0 Å². The van der Waals surface area contributed by atoms with Crippen molar-refractivity contribution in [3.63, 3.8) is 0 Å². The first kappa shape index (κ1) is 24.3. The number of phenolic OH excluding ortho intramolecular Hbond substituents is 1. The molecule has 2 aromatic rings. The van der Waals surface area contributed by atoms with Gasteiger partial charge in [0, 0.05) is 25.2 Å². The Bertz CT molecular complexity index is 1190. The largest absolute Gasteiger partial charge is 0.506 e. The van der Waals surface area contributed by atoms with Crippen LogP contribution in [0.1, 0.15) is 27.9 Å². The van der Waals surface area contributed by atoms with Crippen LogP contribution >= 0.6 is 0 Å². The number of anilines is 1. The number of hydrogen-bond donors (Lipinski definition) is 3. The van der Waals surface area contributed by atoms with Gasteiger partial charge in [0.05, 0.1) is 38.1 Å². The molecule has 0 amide bonds. The highest BCUT2D eigenvalue weighted by Gasteiger charge is 2.33. The fraction of sp³-hybridized carbons (Fsp3) is 0.375. The highest BCUT2D eigenvalue weighted by Crippen LogP contribution is 2.38. The zero-order valence-electron chi connectivity index (χ0n) is 19.3. The van der Waals surface area contributed by atoms with E-state index in [4.69, 9.17) is 24.7 Å². The van der Waals surface area contributed by atoms with Crippen molar-refractivity contribution in [3.8, 4) is 17.2 Å². The Morgan fingerprint density at radius 3 is 2.69 bits per heavy atom. The molecule has 2 heterocycles. The van der Waals surface area contributed by atoms with E-state index < -0.39 is 18.4 Å². The van der Waals surface area contributed by atoms with Crippen molar-refractivity contribution in [1.82, 2.24) is 4.90 Å². The summed E-state index contributed by atoms with van der Waals surface area (Å²) in [6.45, 7) is 0.520. The second kappa shape index (κ2) is 9.79. The maximum atomic E-state index is 15.0. The lowest BCUT2D eigenvalue weighted by Gasteiger charge is -2.21. The minimum Gasteiger partial charge on any atom is -0.506 e. The van der Waals surface area contributed by atoms with Crippen LogP contribution in [0, 0.1) is 11.2 Å². The van der Waals surface area contributed by atoms with Crippen LogP contribution in [0.2, 0.25) is 0 Å². The number of aromatic hydroxyl groups is 1. The van der Waals surface area contributed by atoms with E-state index in [1.54, 1.807) is 12.1 Å². The summed E-state index contributed by atoms with van der Waals surface area (Å²) in [6.07, 6.45) is 0.296. The van der Waals surface area contributed by atoms with Crippen LogP contribution in [0.25, 0.3) is 0 Å². The van der Waals surface area contributed by atoms with Gasteiger partial charge in [-0.25, -0.2) is 9.18 Å². The number of methoxy groups -OCH3 is 2. The monoisotopic (exact) mass is 487 g/mol. The van der Waals surface area contributed by atoms with E-state index in [-0.39, 0.29) is 53.6 Å². The van der Waals surface area contributed by atoms with Gasteiger partial charge < -0.3 is 34.2 Å². The number of carboxylic acids is 1. The summed E-state index contributed by atoms with van der Waals surface area (Å²) in [5.74, 6) is -2.08. The average molecular weight is 487 g/mol. The first-order valence-electron chi connectivity index (χ1n) is 10.9. The van der Waals surface area contributed by atoms with Crippen LogP contribution in [0.3, 0.4) is 0 Å². The number of hydrogen-bond acceptors (Lipinski definition) is 8. The van der Waals surface area contributed by atoms with Gasteiger partial charge >= 0.3 is 5.97 Å². The lowest BCUT2D eigenvalue weighted by atomic mass is 10.1. The van der Waals surface area contributed by atoms with Gasteiger partial charge in [-0.05, 0) is 36.2 Å². The number of fused-ring (bicyclic) bond motifs is 1. The van der Waals surface area contributed by atoms with Crippen LogP contribution < -0.4 is 14.4 Å². The van der Waals surface area contributed by atoms with Crippen molar-refractivity contribution in [1.29, 1.82) is 5.41 Å². The number of benzene rings is 2. The third kappa shape index (κ3) is 4.72. The molecule has 4 rings (SSSR count). The number of ether oxygens (including phenoxy) is 3. The van der Waals surface area contributed by atoms with Gasteiger partial charge in [-0.3, -0.25) is 10.2 Å². The molecule has 0 bridgehead atoms. The second-order valence-electron chi connectivity index (χ2n) is 8.35. The predicted molar refractivity (Wildman–Crippen MR) is 123 cm³/mol. The number of amidine groups is 1. The molecule has 0 aromatic heterocycles. The summed E-state index contributed by atoms with van der Waals surface area (Å²) in [7, 11) is 2.71. The molecule has 0 spiro atoms. The molecule has 186 valence electrons. The van der Waals surface area contributed by atoms with Gasteiger partial charge in [0.2, 0.25) is 0 Å². The zero-order chi connectivity index (χ0) is 25.3. The Balaban J connectivity index is 1.48. The molecule has 0 saturated carbocycles. The first-order chi connectivity index (χ1) is 16.7. The molecule has 0 aliphatic carbocycles. The summed E-state index contributed by atoms with van der Waals surface area (Å²) < 4.78 is 30.6. The van der Waals surface area contributed by atoms with Crippen molar-refractivity contribution in [3.05, 3.63) is 46.8 Å². The highest BCUT2D eigenvalue weighted by atomic mass is 19.1. The zero-order valence-corrected chi connectivity index (χ0v) is 19.3. The van der Waals surface area contributed by atoms with Crippen molar-refractivity contribution in [2.75, 3.05) is 45.4 Å². The normalized spacial score (nSPS) is 17.0. The maximum Gasteiger partial charge on any atom is 0.329 e. The molecule has 11 heteroatoms. The number of rotatable bonds is 9. The molecular formula is C24H26FN3O7. The molecule has 2 aromatic carbocycles. The van der Waals surface area contributed by atoms with Crippen molar-refractivity contribution in [2.24, 2.45) is 0 Å². The smallest absolute Gasteiger partial charge is 0.329 e. The molecule has 1 unspecified atom stereocenters. The van der Waals surface area contributed by atoms with Crippen molar-refractivity contribution < 1.29 is 38.4 Å². The Labute approximate surface area is 200 Å². The number of halogens is 1. The molecule has 1 fully saturated rings. The van der Waals surface area contributed by atoms with E-state index in [2.05, 4.69) is 0 Å². The fourth-order valence-electron chi connectivity index (χ4n) is 4.45. The fourth-order valence-corrected chi connectivity index (χ4v) is 4.45. The van der Waals surface area contributed by atoms with Gasteiger partial charge in [0.15, 0.2) is 23.1 Å². The van der Waals surface area contributed by atoms with Crippen molar-refractivity contribution >= 4 is 23.3 Å². The van der Waals surface area contributed by atoms with Crippen LogP contribution in [0.15, 0.2) is 24.3 Å². The van der Waals surface area contributed by atoms with Crippen LogP contribution in [-0.2, 0) is 16.1 Å². The minimum atomic E-state index is -1.05. The SMILES string of the molecule is COc1cc2c(c(F)c1OC)C(=N)N(CC(=O)c1ccc(O)c(N3CCC(OCC(=O)O)C3)c1)C2. The molecule has 2 aliphatic rings. The van der Waals surface area contributed by atoms with E-state index in [9.17, 15) is 19.1 Å². The molecule has 1 saturated heterocycles. The maximum absolute atomic E-state index is 15.0. The topological polar surface area (TPSA) is 133 Å². The minimum absolute atomic E-state index is 0.0111. The molecule has 0 radical (unpaired) electrons. The third-order valence-corrected chi connectivity index (χ3v) is 6.17. The predicted octanol–water partition coefficient (Wildman–Crippen LogP) is 2.25. The Kier molecular flexibility index (Phi) is 6.79. The van der Waals surface area contributed by atoms with Crippen LogP contribution in [0.5, 0.6) is 17.2 Å². The number of phenols is 1. The lowest BCUT2D eigenvalue weighted by Crippen LogP contribution is -2.30. The van der Waals surface area contributed by atoms with Gasteiger partial charge in [-0.2, -0.15) is 0 Å². The number of carboxylic acid groups (broad SMARTS) is 1. The quantitative estimate of drug-likeness (QED) is 0.456. The highest BCUT2D eigenvalue weighted by molar-refractivity contribution is 6.06. The molecular weight excluding hydrogens is 461 g/mol. The van der Waals surface area contributed by atoms with Crippen LogP contribution in [-0.4, -0.2) is 79.3 Å². The number of carbonyl (C=O) groups excluding carboxylic acids is 1. The first-order valence-corrected chi connectivity index (χ1v) is 10.9. The molecule has 10 nitrogen and oxygen atoms in total. The summed E-state index contributed by atoms with van der Waals surface area (Å²) in [6, 6.07) is 6.09. The van der Waals surface area contributed by atoms with Crippen LogP contribution in [0.4, 0.5) is 10.1 Å². The standard InChI is InChI=1S/C24H26FN3O7/c1-33-19-8-14-9-28(24(26)21(14)22(25)23(19)34-2)11-18(30)13-3-4-17(29)16(7-13)27-6-5-15(10-27)35-12-20(31)32/h3-4,7-8,15,26,29H,5-6,9-12H2,1-2H3,(H,31,32). The Hall–Kier alpha value is -3.86. The van der Waals surface area contributed by atoms with E-state index in [0.29, 0.717) is 36.3 Å². The van der Waals surface area contributed by atoms with E-state index >= 15 is 0 Å². The summed E-state index contributed by atoms with van der Waals surface area (Å²) in [5.41, 5.74) is 1.37. The number of ketones is 1. The number of carbonyl (C=O) groups is 2. The van der Waals surface area contributed by atoms with E-state index in [1.165, 1.54) is 31.3 Å². The summed E-state index contributed by atoms with van der Waals surface area (Å²) in [5, 5.41) is 27.6. The lowest BCUT2D eigenvalue weighted by molar-refractivity contribution is -0.143. The third-order valence-electron chi connectivity index (χ3n) is 6.17. The average Bonchev–Trinajstić information content (AvgIpc) is 3.42. The molecule has 2 aliphatic heterocycles. The van der Waals surface area contributed by atoms with Gasteiger partial charge in [0.1, 0.15) is 18.2 Å². The molecule has 35 heavy (non-hydrogen) atoms. The van der Waals surface area contributed by atoms with E-state index in [1.807, 2.05) is 4.90 Å². The number of aliphatic carboxylic acids is 1. The number of nitrogens with zero attached hydrogens (tertiary/aromatic N) is 2. The number of nitrogens with one attached hydrogen (secondary N) is 1. The number of Topliss-reactive ketones (excluding diaryl/α,β-unsaturated/α-hetero) is 1. The van der Waals surface area contributed by atoms with E-state index in [0.717, 1.165) is 0 Å². The van der Waals surface area contributed by atoms with Gasteiger partial charge in [-0.1, -0.05) is 0 Å². The Morgan fingerprint density at radius 2 is 2.00 bits per heavy atom.